The van der Waals surface area contributed by atoms with Crippen molar-refractivity contribution in [3.05, 3.63) is 65.5 Å². The number of carbonyl (C=O) groups is 1. The molecule has 2 aromatic carbocycles. The van der Waals surface area contributed by atoms with Gasteiger partial charge in [-0.1, -0.05) is 29.8 Å². The number of amides is 1. The van der Waals surface area contributed by atoms with Crippen LogP contribution in [0.4, 0.5) is 0 Å². The lowest BCUT2D eigenvalue weighted by Gasteiger charge is -2.04. The summed E-state index contributed by atoms with van der Waals surface area (Å²) >= 11 is 0. The molecule has 2 N–H and O–H groups in total. The molecule has 0 spiro atoms. The Balaban J connectivity index is 1.41. The maximum absolute atomic E-state index is 12.3. The van der Waals surface area contributed by atoms with Crippen molar-refractivity contribution in [1.82, 2.24) is 20.1 Å². The molecule has 2 heterocycles. The molecule has 4 aromatic rings. The molecule has 0 saturated carbocycles. The average Bonchev–Trinajstić information content (AvgIpc) is 3.19. The summed E-state index contributed by atoms with van der Waals surface area (Å²) in [6.07, 6.45) is 3.18. The van der Waals surface area contributed by atoms with E-state index in [-0.39, 0.29) is 5.91 Å². The number of H-pyrrole nitrogens is 1. The van der Waals surface area contributed by atoms with Gasteiger partial charge in [0.25, 0.3) is 0 Å². The first-order valence-electron chi connectivity index (χ1n) is 8.86. The van der Waals surface area contributed by atoms with Crippen molar-refractivity contribution in [3.63, 3.8) is 0 Å². The third kappa shape index (κ3) is 3.08. The van der Waals surface area contributed by atoms with Gasteiger partial charge >= 0.3 is 0 Å². The zero-order valence-electron chi connectivity index (χ0n) is 15.0. The maximum atomic E-state index is 12.3. The van der Waals surface area contributed by atoms with Gasteiger partial charge in [0.05, 0.1) is 17.8 Å². The van der Waals surface area contributed by atoms with E-state index >= 15 is 0 Å². The quantitative estimate of drug-likeness (QED) is 0.580. The molecule has 0 saturated heterocycles. The Morgan fingerprint density at radius 3 is 2.92 bits per heavy atom. The molecule has 132 valence electrons. The molecule has 0 aliphatic carbocycles. The fourth-order valence-corrected chi connectivity index (χ4v) is 3.44. The summed E-state index contributed by atoms with van der Waals surface area (Å²) < 4.78 is 1.86. The Kier molecular flexibility index (Phi) is 4.21. The van der Waals surface area contributed by atoms with Gasteiger partial charge in [0, 0.05) is 36.0 Å². The topological polar surface area (TPSA) is 62.7 Å². The van der Waals surface area contributed by atoms with Gasteiger partial charge in [-0.05, 0) is 37.1 Å². The summed E-state index contributed by atoms with van der Waals surface area (Å²) in [7, 11) is 1.93. The number of nitrogens with zero attached hydrogens (tertiary/aromatic N) is 2. The van der Waals surface area contributed by atoms with Crippen molar-refractivity contribution < 1.29 is 4.79 Å². The van der Waals surface area contributed by atoms with Crippen molar-refractivity contribution >= 4 is 27.7 Å². The van der Waals surface area contributed by atoms with Gasteiger partial charge in [-0.2, -0.15) is 5.10 Å². The maximum Gasteiger partial charge on any atom is 0.220 e. The minimum Gasteiger partial charge on any atom is -0.361 e. The third-order valence-electron chi connectivity index (χ3n) is 4.83. The van der Waals surface area contributed by atoms with E-state index < -0.39 is 0 Å². The van der Waals surface area contributed by atoms with Crippen LogP contribution in [0.25, 0.3) is 21.8 Å². The van der Waals surface area contributed by atoms with Crippen molar-refractivity contribution in [1.29, 1.82) is 0 Å². The number of aromatic nitrogens is 3. The van der Waals surface area contributed by atoms with Crippen molar-refractivity contribution in [2.24, 2.45) is 7.05 Å². The van der Waals surface area contributed by atoms with Crippen LogP contribution in [0.15, 0.2) is 48.7 Å². The van der Waals surface area contributed by atoms with Crippen molar-refractivity contribution in [3.8, 4) is 0 Å². The Bertz CT molecular complexity index is 1090. The van der Waals surface area contributed by atoms with Crippen molar-refractivity contribution in [2.45, 2.75) is 26.3 Å². The van der Waals surface area contributed by atoms with E-state index in [1.165, 1.54) is 16.5 Å². The van der Waals surface area contributed by atoms with Gasteiger partial charge in [-0.3, -0.25) is 9.48 Å². The zero-order valence-corrected chi connectivity index (χ0v) is 15.0. The highest BCUT2D eigenvalue weighted by Crippen LogP contribution is 2.20. The lowest BCUT2D eigenvalue weighted by molar-refractivity contribution is -0.121. The van der Waals surface area contributed by atoms with Gasteiger partial charge in [-0.25, -0.2) is 0 Å². The smallest absolute Gasteiger partial charge is 0.220 e. The number of carbonyl (C=O) groups excluding carboxylic acids is 1. The average molecular weight is 346 g/mol. The van der Waals surface area contributed by atoms with Crippen LogP contribution in [0, 0.1) is 6.92 Å². The van der Waals surface area contributed by atoms with Crippen LogP contribution in [0.3, 0.4) is 0 Å². The first-order chi connectivity index (χ1) is 12.6. The molecule has 0 aliphatic heterocycles. The fourth-order valence-electron chi connectivity index (χ4n) is 3.44. The van der Waals surface area contributed by atoms with Gasteiger partial charge in [-0.15, -0.1) is 0 Å². The molecule has 0 fully saturated rings. The van der Waals surface area contributed by atoms with Gasteiger partial charge < -0.3 is 10.3 Å². The van der Waals surface area contributed by atoms with Crippen LogP contribution >= 0.6 is 0 Å². The number of aryl methyl sites for hydroxylation is 3. The van der Waals surface area contributed by atoms with Crippen molar-refractivity contribution in [2.75, 3.05) is 0 Å². The number of hydrogen-bond acceptors (Lipinski definition) is 2. The van der Waals surface area contributed by atoms with E-state index in [4.69, 9.17) is 0 Å². The lowest BCUT2D eigenvalue weighted by Crippen LogP contribution is -2.23. The highest BCUT2D eigenvalue weighted by Gasteiger charge is 2.11. The molecule has 0 radical (unpaired) electrons. The number of fused-ring (bicyclic) bond motifs is 2. The zero-order chi connectivity index (χ0) is 18.1. The number of hydrogen-bond donors (Lipinski definition) is 2. The summed E-state index contributed by atoms with van der Waals surface area (Å²) in [4.78, 5) is 15.6. The summed E-state index contributed by atoms with van der Waals surface area (Å²) in [6.45, 7) is 2.52. The molecule has 0 atom stereocenters. The number of benzene rings is 2. The van der Waals surface area contributed by atoms with E-state index in [1.54, 1.807) is 0 Å². The fraction of sp³-hybridized carbons (Fsp3) is 0.238. The van der Waals surface area contributed by atoms with Crippen LogP contribution in [0.2, 0.25) is 0 Å². The Morgan fingerprint density at radius 1 is 1.19 bits per heavy atom. The minimum absolute atomic E-state index is 0.0433. The number of nitrogens with one attached hydrogen (secondary N) is 2. The first-order valence-corrected chi connectivity index (χ1v) is 8.86. The minimum atomic E-state index is 0.0433. The second-order valence-electron chi connectivity index (χ2n) is 6.73. The molecule has 5 nitrogen and oxygen atoms in total. The molecular formula is C21H22N4O. The number of aromatic amines is 1. The molecule has 0 bridgehead atoms. The lowest BCUT2D eigenvalue weighted by atomic mass is 10.1. The largest absolute Gasteiger partial charge is 0.361 e. The van der Waals surface area contributed by atoms with E-state index in [9.17, 15) is 4.79 Å². The first kappa shape index (κ1) is 16.4. The molecule has 2 aromatic heterocycles. The SMILES string of the molecule is Cc1ccc2c(c1)c(CNC(=O)CCc1c[nH]c3ccccc13)nn2C. The van der Waals surface area contributed by atoms with Crippen LogP contribution in [-0.4, -0.2) is 20.7 Å². The second-order valence-corrected chi connectivity index (χ2v) is 6.73. The van der Waals surface area contributed by atoms with E-state index in [0.717, 1.165) is 28.5 Å². The van der Waals surface area contributed by atoms with Crippen LogP contribution in [0.1, 0.15) is 23.2 Å². The molecular weight excluding hydrogens is 324 g/mol. The summed E-state index contributed by atoms with van der Waals surface area (Å²) in [5, 5.41) is 9.85. The molecule has 0 aliphatic rings. The molecule has 0 unspecified atom stereocenters. The Hall–Kier alpha value is -3.08. The highest BCUT2D eigenvalue weighted by molar-refractivity contribution is 5.85. The summed E-state index contributed by atoms with van der Waals surface area (Å²) in [5.41, 5.74) is 5.47. The Labute approximate surface area is 152 Å². The number of rotatable bonds is 5. The standard InChI is InChI=1S/C21H22N4O/c1-14-7-9-20-17(11-14)19(24-25(20)2)13-23-21(26)10-8-15-12-22-18-6-4-3-5-16(15)18/h3-7,9,11-12,22H,8,10,13H2,1-2H3,(H,23,26). The third-order valence-corrected chi connectivity index (χ3v) is 4.83. The van der Waals surface area contributed by atoms with Gasteiger partial charge in [0.15, 0.2) is 0 Å². The predicted molar refractivity (Wildman–Crippen MR) is 104 cm³/mol. The van der Waals surface area contributed by atoms with E-state index in [0.29, 0.717) is 13.0 Å². The van der Waals surface area contributed by atoms with Crippen LogP contribution < -0.4 is 5.32 Å². The van der Waals surface area contributed by atoms with Crippen LogP contribution in [0.5, 0.6) is 0 Å². The summed E-state index contributed by atoms with van der Waals surface area (Å²) in [6, 6.07) is 14.4. The molecule has 26 heavy (non-hydrogen) atoms. The van der Waals surface area contributed by atoms with Gasteiger partial charge in [0.1, 0.15) is 0 Å². The van der Waals surface area contributed by atoms with Gasteiger partial charge in [0.2, 0.25) is 5.91 Å². The number of para-hydroxylation sites is 1. The van der Waals surface area contributed by atoms with E-state index in [1.807, 2.05) is 36.1 Å². The molecule has 4 rings (SSSR count). The van der Waals surface area contributed by atoms with E-state index in [2.05, 4.69) is 46.6 Å². The molecule has 1 amide bonds. The Morgan fingerprint density at radius 2 is 2.04 bits per heavy atom. The second kappa shape index (κ2) is 6.67. The highest BCUT2D eigenvalue weighted by atomic mass is 16.1. The van der Waals surface area contributed by atoms with Crippen LogP contribution in [-0.2, 0) is 24.8 Å². The summed E-state index contributed by atoms with van der Waals surface area (Å²) in [5.74, 6) is 0.0433. The predicted octanol–water partition coefficient (Wildman–Crippen LogP) is 3.61. The monoisotopic (exact) mass is 346 g/mol. The molecule has 5 heteroatoms. The normalized spacial score (nSPS) is 11.3.